The first-order valence-corrected chi connectivity index (χ1v) is 8.86. The van der Waals surface area contributed by atoms with Gasteiger partial charge in [0.1, 0.15) is 0 Å². The number of benzene rings is 2. The van der Waals surface area contributed by atoms with Gasteiger partial charge >= 0.3 is 0 Å². The van der Waals surface area contributed by atoms with Crippen molar-refractivity contribution in [3.8, 4) is 11.3 Å². The topological polar surface area (TPSA) is 32.5 Å². The second-order valence-electron chi connectivity index (χ2n) is 6.58. The van der Waals surface area contributed by atoms with Gasteiger partial charge in [-0.25, -0.2) is 0 Å². The van der Waals surface area contributed by atoms with E-state index in [1.54, 1.807) is 0 Å². The first kappa shape index (κ1) is 16.1. The van der Waals surface area contributed by atoms with Crippen molar-refractivity contribution in [2.45, 2.75) is 13.1 Å². The Morgan fingerprint density at radius 2 is 1.36 bits per heavy atom. The van der Waals surface area contributed by atoms with Crippen LogP contribution in [0.25, 0.3) is 11.3 Å². The number of nitrogens with zero attached hydrogens (tertiary/aromatic N) is 3. The fourth-order valence-electron chi connectivity index (χ4n) is 3.39. The largest absolute Gasteiger partial charge is 0.356 e. The molecule has 2 aromatic carbocycles. The van der Waals surface area contributed by atoms with Gasteiger partial charge in [-0.05, 0) is 5.56 Å². The summed E-state index contributed by atoms with van der Waals surface area (Å²) in [5.41, 5.74) is 3.65. The highest BCUT2D eigenvalue weighted by atomic mass is 16.5. The summed E-state index contributed by atoms with van der Waals surface area (Å²) < 4.78 is 5.51. The van der Waals surface area contributed by atoms with E-state index in [1.165, 1.54) is 11.1 Å². The molecule has 0 spiro atoms. The molecule has 1 aliphatic heterocycles. The Balaban J connectivity index is 1.34. The van der Waals surface area contributed by atoms with Crippen molar-refractivity contribution in [2.75, 3.05) is 26.2 Å². The molecule has 0 aliphatic carbocycles. The molecule has 128 valence electrons. The SMILES string of the molecule is c1ccc(CN2CCN(Cc3cnoc3-c3ccccc3)CC2)cc1. The Labute approximate surface area is 148 Å². The number of hydrogen-bond acceptors (Lipinski definition) is 4. The summed E-state index contributed by atoms with van der Waals surface area (Å²) in [5.74, 6) is 0.896. The molecule has 25 heavy (non-hydrogen) atoms. The zero-order valence-electron chi connectivity index (χ0n) is 14.3. The molecule has 4 nitrogen and oxygen atoms in total. The minimum Gasteiger partial charge on any atom is -0.356 e. The lowest BCUT2D eigenvalue weighted by Gasteiger charge is -2.34. The van der Waals surface area contributed by atoms with Crippen LogP contribution in [0, 0.1) is 0 Å². The standard InChI is InChI=1S/C21H23N3O/c1-3-7-18(8-4-1)16-23-11-13-24(14-12-23)17-20-15-22-25-21(20)19-9-5-2-6-10-19/h1-10,15H,11-14,16-17H2. The molecule has 0 amide bonds. The van der Waals surface area contributed by atoms with Gasteiger partial charge in [-0.15, -0.1) is 0 Å². The lowest BCUT2D eigenvalue weighted by atomic mass is 10.1. The minimum absolute atomic E-state index is 0.896. The van der Waals surface area contributed by atoms with E-state index >= 15 is 0 Å². The average molecular weight is 333 g/mol. The van der Waals surface area contributed by atoms with Gasteiger partial charge in [-0.3, -0.25) is 9.80 Å². The van der Waals surface area contributed by atoms with Crippen LogP contribution in [0.2, 0.25) is 0 Å². The van der Waals surface area contributed by atoms with Crippen LogP contribution < -0.4 is 0 Å². The van der Waals surface area contributed by atoms with Crippen LogP contribution in [0.1, 0.15) is 11.1 Å². The first-order chi connectivity index (χ1) is 12.4. The van der Waals surface area contributed by atoms with Crippen molar-refractivity contribution >= 4 is 0 Å². The average Bonchev–Trinajstić information content (AvgIpc) is 3.13. The number of aromatic nitrogens is 1. The van der Waals surface area contributed by atoms with Crippen LogP contribution >= 0.6 is 0 Å². The molecule has 0 atom stereocenters. The highest BCUT2D eigenvalue weighted by molar-refractivity contribution is 5.60. The maximum atomic E-state index is 5.51. The lowest BCUT2D eigenvalue weighted by Crippen LogP contribution is -2.45. The van der Waals surface area contributed by atoms with E-state index in [1.807, 2.05) is 24.4 Å². The van der Waals surface area contributed by atoms with Crippen LogP contribution in [0.15, 0.2) is 71.4 Å². The molecule has 3 aromatic rings. The minimum atomic E-state index is 0.896. The summed E-state index contributed by atoms with van der Waals surface area (Å²) >= 11 is 0. The zero-order chi connectivity index (χ0) is 16.9. The number of rotatable bonds is 5. The zero-order valence-corrected chi connectivity index (χ0v) is 14.3. The molecule has 1 saturated heterocycles. The van der Waals surface area contributed by atoms with Crippen LogP contribution in [0.4, 0.5) is 0 Å². The first-order valence-electron chi connectivity index (χ1n) is 8.86. The number of piperazine rings is 1. The third-order valence-electron chi connectivity index (χ3n) is 4.79. The van der Waals surface area contributed by atoms with E-state index in [-0.39, 0.29) is 0 Å². The Kier molecular flexibility index (Phi) is 4.91. The fraction of sp³-hybridized carbons (Fsp3) is 0.286. The molecule has 0 bridgehead atoms. The molecule has 1 aliphatic rings. The van der Waals surface area contributed by atoms with Crippen LogP contribution in [0.5, 0.6) is 0 Å². The van der Waals surface area contributed by atoms with Crippen LogP contribution in [-0.2, 0) is 13.1 Å². The number of hydrogen-bond donors (Lipinski definition) is 0. The fourth-order valence-corrected chi connectivity index (χ4v) is 3.39. The maximum absolute atomic E-state index is 5.51. The molecule has 4 rings (SSSR count). The van der Waals surface area contributed by atoms with Gasteiger partial charge in [0.2, 0.25) is 0 Å². The van der Waals surface area contributed by atoms with Crippen molar-refractivity contribution in [1.82, 2.24) is 15.0 Å². The molecule has 0 saturated carbocycles. The van der Waals surface area contributed by atoms with Gasteiger partial charge in [0.05, 0.1) is 6.20 Å². The third kappa shape index (κ3) is 3.98. The quantitative estimate of drug-likeness (QED) is 0.713. The summed E-state index contributed by atoms with van der Waals surface area (Å²) in [7, 11) is 0. The Hall–Kier alpha value is -2.43. The van der Waals surface area contributed by atoms with E-state index < -0.39 is 0 Å². The van der Waals surface area contributed by atoms with Gasteiger partial charge in [0.15, 0.2) is 5.76 Å². The second kappa shape index (κ2) is 7.64. The van der Waals surface area contributed by atoms with Crippen molar-refractivity contribution in [2.24, 2.45) is 0 Å². The predicted octanol–water partition coefficient (Wildman–Crippen LogP) is 3.66. The molecule has 0 radical (unpaired) electrons. The molecule has 4 heteroatoms. The molecule has 0 unspecified atom stereocenters. The summed E-state index contributed by atoms with van der Waals surface area (Å²) in [6, 6.07) is 20.9. The third-order valence-corrected chi connectivity index (χ3v) is 4.79. The van der Waals surface area contributed by atoms with Gasteiger partial charge in [0, 0.05) is 50.4 Å². The Bertz CT molecular complexity index is 777. The molecule has 0 N–H and O–H groups in total. The van der Waals surface area contributed by atoms with Gasteiger partial charge in [0.25, 0.3) is 0 Å². The summed E-state index contributed by atoms with van der Waals surface area (Å²) in [5, 5.41) is 4.02. The van der Waals surface area contributed by atoms with E-state index in [0.717, 1.165) is 50.6 Å². The monoisotopic (exact) mass is 333 g/mol. The predicted molar refractivity (Wildman–Crippen MR) is 98.9 cm³/mol. The molecular weight excluding hydrogens is 310 g/mol. The highest BCUT2D eigenvalue weighted by Gasteiger charge is 2.19. The smallest absolute Gasteiger partial charge is 0.171 e. The highest BCUT2D eigenvalue weighted by Crippen LogP contribution is 2.24. The molecular formula is C21H23N3O. The molecule has 1 fully saturated rings. The lowest BCUT2D eigenvalue weighted by molar-refractivity contribution is 0.122. The van der Waals surface area contributed by atoms with E-state index in [2.05, 4.69) is 57.4 Å². The van der Waals surface area contributed by atoms with Crippen molar-refractivity contribution < 1.29 is 4.52 Å². The normalized spacial score (nSPS) is 16.2. The summed E-state index contributed by atoms with van der Waals surface area (Å²) in [4.78, 5) is 5.01. The van der Waals surface area contributed by atoms with Crippen molar-refractivity contribution in [3.63, 3.8) is 0 Å². The molecule has 2 heterocycles. The Morgan fingerprint density at radius 1 is 0.760 bits per heavy atom. The van der Waals surface area contributed by atoms with Crippen LogP contribution in [-0.4, -0.2) is 41.1 Å². The van der Waals surface area contributed by atoms with Gasteiger partial charge in [-0.2, -0.15) is 0 Å². The van der Waals surface area contributed by atoms with Gasteiger partial charge < -0.3 is 4.52 Å². The maximum Gasteiger partial charge on any atom is 0.171 e. The Morgan fingerprint density at radius 3 is 2.04 bits per heavy atom. The van der Waals surface area contributed by atoms with E-state index in [0.29, 0.717) is 0 Å². The summed E-state index contributed by atoms with van der Waals surface area (Å²) in [6.07, 6.45) is 1.86. The van der Waals surface area contributed by atoms with Crippen molar-refractivity contribution in [1.29, 1.82) is 0 Å². The van der Waals surface area contributed by atoms with Crippen molar-refractivity contribution in [3.05, 3.63) is 78.0 Å². The summed E-state index contributed by atoms with van der Waals surface area (Å²) in [6.45, 7) is 6.28. The van der Waals surface area contributed by atoms with E-state index in [4.69, 9.17) is 4.52 Å². The van der Waals surface area contributed by atoms with Crippen LogP contribution in [0.3, 0.4) is 0 Å². The van der Waals surface area contributed by atoms with Gasteiger partial charge in [-0.1, -0.05) is 65.8 Å². The van der Waals surface area contributed by atoms with E-state index in [9.17, 15) is 0 Å². The molecule has 1 aromatic heterocycles. The second-order valence-corrected chi connectivity index (χ2v) is 6.58.